The smallest absolute Gasteiger partial charge is 0.237 e. The molecule has 0 saturated carbocycles. The maximum Gasteiger partial charge on any atom is 0.237 e. The standard InChI is InChI=1S/C16H26N2O2/c1-4-16(5-2,6-3)18-15(20)14(17)11-12-7-9-13(19)10-8-12/h7-10,14,19H,4-6,11,17H2,1-3H3,(H,18,20). The number of nitrogens with two attached hydrogens (primary N) is 1. The summed E-state index contributed by atoms with van der Waals surface area (Å²) in [6.45, 7) is 6.25. The monoisotopic (exact) mass is 278 g/mol. The van der Waals surface area contributed by atoms with Gasteiger partial charge in [-0.25, -0.2) is 0 Å². The minimum atomic E-state index is -0.566. The molecule has 0 aliphatic rings. The lowest BCUT2D eigenvalue weighted by Crippen LogP contribution is -2.53. The molecule has 0 spiro atoms. The predicted molar refractivity (Wildman–Crippen MR) is 81.5 cm³/mol. The summed E-state index contributed by atoms with van der Waals surface area (Å²) in [5.41, 5.74) is 6.78. The summed E-state index contributed by atoms with van der Waals surface area (Å²) in [6.07, 6.45) is 3.17. The van der Waals surface area contributed by atoms with Crippen molar-refractivity contribution < 1.29 is 9.90 Å². The lowest BCUT2D eigenvalue weighted by atomic mass is 9.89. The van der Waals surface area contributed by atoms with Crippen LogP contribution in [0.15, 0.2) is 24.3 Å². The fourth-order valence-corrected chi connectivity index (χ4v) is 2.35. The van der Waals surface area contributed by atoms with Crippen molar-refractivity contribution >= 4 is 5.91 Å². The number of phenols is 1. The quantitative estimate of drug-likeness (QED) is 0.716. The van der Waals surface area contributed by atoms with Crippen LogP contribution in [0.1, 0.15) is 45.6 Å². The first-order valence-electron chi connectivity index (χ1n) is 7.31. The molecule has 0 aliphatic carbocycles. The van der Waals surface area contributed by atoms with Crippen LogP contribution in [0.4, 0.5) is 0 Å². The van der Waals surface area contributed by atoms with Gasteiger partial charge in [-0.15, -0.1) is 0 Å². The molecule has 0 bridgehead atoms. The summed E-state index contributed by atoms with van der Waals surface area (Å²) < 4.78 is 0. The first-order chi connectivity index (χ1) is 9.46. The topological polar surface area (TPSA) is 75.4 Å². The van der Waals surface area contributed by atoms with E-state index >= 15 is 0 Å². The van der Waals surface area contributed by atoms with Crippen LogP contribution in [-0.2, 0) is 11.2 Å². The van der Waals surface area contributed by atoms with Gasteiger partial charge in [-0.05, 0) is 43.4 Å². The first-order valence-corrected chi connectivity index (χ1v) is 7.31. The highest BCUT2D eigenvalue weighted by Crippen LogP contribution is 2.19. The van der Waals surface area contributed by atoms with Crippen LogP contribution in [0.5, 0.6) is 5.75 Å². The molecule has 0 aromatic heterocycles. The largest absolute Gasteiger partial charge is 0.508 e. The van der Waals surface area contributed by atoms with Crippen molar-refractivity contribution in [3.8, 4) is 5.75 Å². The summed E-state index contributed by atoms with van der Waals surface area (Å²) in [6, 6.07) is 6.22. The molecule has 0 fully saturated rings. The molecule has 1 aromatic rings. The highest BCUT2D eigenvalue weighted by Gasteiger charge is 2.28. The van der Waals surface area contributed by atoms with Crippen LogP contribution < -0.4 is 11.1 Å². The number of benzene rings is 1. The Morgan fingerprint density at radius 3 is 2.15 bits per heavy atom. The molecular formula is C16H26N2O2. The molecule has 1 rings (SSSR count). The van der Waals surface area contributed by atoms with Gasteiger partial charge in [0.1, 0.15) is 5.75 Å². The Morgan fingerprint density at radius 2 is 1.70 bits per heavy atom. The van der Waals surface area contributed by atoms with Crippen molar-refractivity contribution in [2.24, 2.45) is 5.73 Å². The predicted octanol–water partition coefficient (Wildman–Crippen LogP) is 2.35. The number of amides is 1. The molecule has 1 aromatic carbocycles. The zero-order chi connectivity index (χ0) is 15.2. The average molecular weight is 278 g/mol. The van der Waals surface area contributed by atoms with Crippen LogP contribution in [-0.4, -0.2) is 22.6 Å². The third-order valence-corrected chi connectivity index (χ3v) is 4.15. The van der Waals surface area contributed by atoms with Crippen molar-refractivity contribution in [3.05, 3.63) is 29.8 Å². The van der Waals surface area contributed by atoms with E-state index in [1.807, 2.05) is 0 Å². The van der Waals surface area contributed by atoms with Gasteiger partial charge in [0, 0.05) is 5.54 Å². The van der Waals surface area contributed by atoms with E-state index in [4.69, 9.17) is 5.73 Å². The first kappa shape index (κ1) is 16.5. The molecule has 0 saturated heterocycles. The summed E-state index contributed by atoms with van der Waals surface area (Å²) in [7, 11) is 0. The molecule has 0 aliphatic heterocycles. The number of rotatable bonds is 7. The number of hydrogen-bond donors (Lipinski definition) is 3. The summed E-state index contributed by atoms with van der Waals surface area (Å²) in [4.78, 5) is 12.2. The molecule has 4 nitrogen and oxygen atoms in total. The van der Waals surface area contributed by atoms with Crippen molar-refractivity contribution in [2.75, 3.05) is 0 Å². The van der Waals surface area contributed by atoms with Crippen LogP contribution in [0.25, 0.3) is 0 Å². The van der Waals surface area contributed by atoms with Gasteiger partial charge in [-0.2, -0.15) is 0 Å². The van der Waals surface area contributed by atoms with E-state index in [2.05, 4.69) is 26.1 Å². The highest BCUT2D eigenvalue weighted by molar-refractivity contribution is 5.82. The van der Waals surface area contributed by atoms with E-state index in [0.29, 0.717) is 6.42 Å². The summed E-state index contributed by atoms with van der Waals surface area (Å²) >= 11 is 0. The molecule has 0 radical (unpaired) electrons. The Labute approximate surface area is 121 Å². The minimum Gasteiger partial charge on any atom is -0.508 e. The maximum atomic E-state index is 12.2. The lowest BCUT2D eigenvalue weighted by molar-refractivity contribution is -0.124. The van der Waals surface area contributed by atoms with Gasteiger partial charge in [-0.3, -0.25) is 4.79 Å². The zero-order valence-corrected chi connectivity index (χ0v) is 12.6. The van der Waals surface area contributed by atoms with E-state index in [1.54, 1.807) is 24.3 Å². The van der Waals surface area contributed by atoms with Gasteiger partial charge in [0.05, 0.1) is 6.04 Å². The molecule has 1 atom stereocenters. The number of hydrogen-bond acceptors (Lipinski definition) is 3. The maximum absolute atomic E-state index is 12.2. The second-order valence-electron chi connectivity index (χ2n) is 5.31. The van der Waals surface area contributed by atoms with Crippen LogP contribution in [0.2, 0.25) is 0 Å². The zero-order valence-electron chi connectivity index (χ0n) is 12.6. The Balaban J connectivity index is 2.65. The van der Waals surface area contributed by atoms with Gasteiger partial charge >= 0.3 is 0 Å². The van der Waals surface area contributed by atoms with E-state index in [9.17, 15) is 9.90 Å². The van der Waals surface area contributed by atoms with Crippen LogP contribution in [0, 0.1) is 0 Å². The van der Waals surface area contributed by atoms with E-state index < -0.39 is 6.04 Å². The van der Waals surface area contributed by atoms with Gasteiger partial charge < -0.3 is 16.2 Å². The SMILES string of the molecule is CCC(CC)(CC)NC(=O)C(N)Cc1ccc(O)cc1. The molecule has 112 valence electrons. The summed E-state index contributed by atoms with van der Waals surface area (Å²) in [5.74, 6) is 0.109. The highest BCUT2D eigenvalue weighted by atomic mass is 16.3. The second kappa shape index (κ2) is 7.29. The number of phenolic OH excluding ortho intramolecular Hbond substituents is 1. The average Bonchev–Trinajstić information content (AvgIpc) is 2.47. The second-order valence-corrected chi connectivity index (χ2v) is 5.31. The fourth-order valence-electron chi connectivity index (χ4n) is 2.35. The van der Waals surface area contributed by atoms with E-state index in [-0.39, 0.29) is 17.2 Å². The number of carbonyl (C=O) groups is 1. The fraction of sp³-hybridized carbons (Fsp3) is 0.562. The van der Waals surface area contributed by atoms with Crippen LogP contribution >= 0.6 is 0 Å². The Morgan fingerprint density at radius 1 is 1.20 bits per heavy atom. The molecule has 4 N–H and O–H groups in total. The molecule has 4 heteroatoms. The number of nitrogens with one attached hydrogen (secondary N) is 1. The molecule has 1 amide bonds. The van der Waals surface area contributed by atoms with Crippen LogP contribution in [0.3, 0.4) is 0 Å². The summed E-state index contributed by atoms with van der Waals surface area (Å²) in [5, 5.41) is 12.3. The molecule has 1 unspecified atom stereocenters. The Bertz CT molecular complexity index is 416. The van der Waals surface area contributed by atoms with E-state index in [1.165, 1.54) is 0 Å². The normalized spacial score (nSPS) is 13.0. The van der Waals surface area contributed by atoms with Gasteiger partial charge in [0.2, 0.25) is 5.91 Å². The lowest BCUT2D eigenvalue weighted by Gasteiger charge is -2.33. The number of aromatic hydroxyl groups is 1. The van der Waals surface area contributed by atoms with Crippen molar-refractivity contribution in [2.45, 2.75) is 58.0 Å². The Hall–Kier alpha value is -1.55. The molecule has 0 heterocycles. The third-order valence-electron chi connectivity index (χ3n) is 4.15. The minimum absolute atomic E-state index is 0.108. The number of carbonyl (C=O) groups excluding carboxylic acids is 1. The Kier molecular flexibility index (Phi) is 6.02. The molecular weight excluding hydrogens is 252 g/mol. The third kappa shape index (κ3) is 4.23. The van der Waals surface area contributed by atoms with E-state index in [0.717, 1.165) is 24.8 Å². The van der Waals surface area contributed by atoms with Gasteiger partial charge in [-0.1, -0.05) is 32.9 Å². The molecule has 20 heavy (non-hydrogen) atoms. The van der Waals surface area contributed by atoms with Crippen molar-refractivity contribution in [1.82, 2.24) is 5.32 Å². The van der Waals surface area contributed by atoms with Crippen molar-refractivity contribution in [1.29, 1.82) is 0 Å². The van der Waals surface area contributed by atoms with Crippen molar-refractivity contribution in [3.63, 3.8) is 0 Å². The van der Waals surface area contributed by atoms with Gasteiger partial charge in [0.15, 0.2) is 0 Å². The van der Waals surface area contributed by atoms with Gasteiger partial charge in [0.25, 0.3) is 0 Å².